The van der Waals surface area contributed by atoms with Crippen LogP contribution < -0.4 is 5.32 Å². The van der Waals surface area contributed by atoms with Gasteiger partial charge in [-0.25, -0.2) is 12.8 Å². The zero-order valence-electron chi connectivity index (χ0n) is 16.4. The summed E-state index contributed by atoms with van der Waals surface area (Å²) < 4.78 is 43.6. The average molecular weight is 422 g/mol. The number of hydrogen-bond acceptors (Lipinski definition) is 5. The van der Waals surface area contributed by atoms with E-state index in [2.05, 4.69) is 5.32 Å². The SMILES string of the molecule is CCc1ccc(NC(=O)C(C)OC(=O)CN(C)S(=O)(=O)c2ccc(F)cc2)cc1. The predicted octanol–water partition coefficient (Wildman–Crippen LogP) is 2.58. The van der Waals surface area contributed by atoms with Crippen LogP contribution in [0.2, 0.25) is 0 Å². The summed E-state index contributed by atoms with van der Waals surface area (Å²) in [7, 11) is -2.80. The number of sulfonamides is 1. The van der Waals surface area contributed by atoms with Crippen molar-refractivity contribution in [1.29, 1.82) is 0 Å². The number of carbonyl (C=O) groups is 2. The Morgan fingerprint density at radius 3 is 2.24 bits per heavy atom. The van der Waals surface area contributed by atoms with Crippen LogP contribution in [0.3, 0.4) is 0 Å². The Hall–Kier alpha value is -2.78. The van der Waals surface area contributed by atoms with Crippen molar-refractivity contribution in [3.8, 4) is 0 Å². The van der Waals surface area contributed by atoms with Crippen LogP contribution >= 0.6 is 0 Å². The van der Waals surface area contributed by atoms with Gasteiger partial charge in [0.25, 0.3) is 5.91 Å². The van der Waals surface area contributed by atoms with Gasteiger partial charge in [-0.15, -0.1) is 0 Å². The molecule has 156 valence electrons. The number of benzene rings is 2. The Morgan fingerprint density at radius 2 is 1.69 bits per heavy atom. The molecule has 0 bridgehead atoms. The van der Waals surface area contributed by atoms with Gasteiger partial charge in [0.15, 0.2) is 6.10 Å². The highest BCUT2D eigenvalue weighted by Gasteiger charge is 2.25. The Bertz CT molecular complexity index is 959. The van der Waals surface area contributed by atoms with E-state index in [1.165, 1.54) is 14.0 Å². The number of esters is 1. The Kier molecular flexibility index (Phi) is 7.46. The van der Waals surface area contributed by atoms with E-state index in [1.807, 2.05) is 19.1 Å². The summed E-state index contributed by atoms with van der Waals surface area (Å²) in [5.74, 6) is -2.00. The fourth-order valence-corrected chi connectivity index (χ4v) is 3.52. The van der Waals surface area contributed by atoms with Gasteiger partial charge in [0.2, 0.25) is 10.0 Å². The van der Waals surface area contributed by atoms with Crippen LogP contribution in [-0.2, 0) is 30.8 Å². The summed E-state index contributed by atoms with van der Waals surface area (Å²) in [6.07, 6.45) is -0.244. The van der Waals surface area contributed by atoms with E-state index in [-0.39, 0.29) is 4.90 Å². The summed E-state index contributed by atoms with van der Waals surface area (Å²) in [5.41, 5.74) is 1.68. The number of likely N-dealkylation sites (N-methyl/N-ethyl adjacent to an activating group) is 1. The van der Waals surface area contributed by atoms with E-state index in [1.54, 1.807) is 12.1 Å². The molecule has 0 heterocycles. The van der Waals surface area contributed by atoms with Gasteiger partial charge in [-0.3, -0.25) is 9.59 Å². The lowest BCUT2D eigenvalue weighted by atomic mass is 10.1. The molecule has 0 saturated heterocycles. The van der Waals surface area contributed by atoms with E-state index >= 15 is 0 Å². The minimum atomic E-state index is -4.00. The lowest BCUT2D eigenvalue weighted by Gasteiger charge is -2.18. The average Bonchev–Trinajstić information content (AvgIpc) is 2.68. The molecule has 0 aromatic heterocycles. The van der Waals surface area contributed by atoms with Crippen molar-refractivity contribution in [2.24, 2.45) is 0 Å². The maximum absolute atomic E-state index is 13.0. The van der Waals surface area contributed by atoms with Crippen molar-refractivity contribution in [3.05, 3.63) is 59.9 Å². The smallest absolute Gasteiger partial charge is 0.322 e. The van der Waals surface area contributed by atoms with E-state index in [0.717, 1.165) is 40.6 Å². The van der Waals surface area contributed by atoms with Crippen molar-refractivity contribution in [2.75, 3.05) is 18.9 Å². The van der Waals surface area contributed by atoms with Crippen LogP contribution in [0.5, 0.6) is 0 Å². The highest BCUT2D eigenvalue weighted by Crippen LogP contribution is 2.15. The molecule has 0 aliphatic rings. The molecule has 0 spiro atoms. The molecule has 0 aliphatic heterocycles. The second-order valence-corrected chi connectivity index (χ2v) is 8.43. The molecule has 9 heteroatoms. The molecule has 2 aromatic rings. The number of ether oxygens (including phenoxy) is 1. The van der Waals surface area contributed by atoms with Crippen molar-refractivity contribution >= 4 is 27.6 Å². The standard InChI is InChI=1S/C20H23FN2O5S/c1-4-15-5-9-17(10-6-15)22-20(25)14(2)28-19(24)13-23(3)29(26,27)18-11-7-16(21)8-12-18/h5-12,14H,4,13H2,1-3H3,(H,22,25). The number of anilines is 1. The van der Waals surface area contributed by atoms with Gasteiger partial charge in [0.1, 0.15) is 12.4 Å². The molecule has 29 heavy (non-hydrogen) atoms. The first kappa shape index (κ1) is 22.5. The minimum Gasteiger partial charge on any atom is -0.452 e. The van der Waals surface area contributed by atoms with Crippen molar-refractivity contribution in [3.63, 3.8) is 0 Å². The third kappa shape index (κ3) is 6.10. The molecule has 1 amide bonds. The van der Waals surface area contributed by atoms with Gasteiger partial charge < -0.3 is 10.1 Å². The molecule has 2 rings (SSSR count). The van der Waals surface area contributed by atoms with E-state index < -0.39 is 40.4 Å². The number of rotatable bonds is 8. The van der Waals surface area contributed by atoms with Gasteiger partial charge in [-0.1, -0.05) is 19.1 Å². The maximum Gasteiger partial charge on any atom is 0.322 e. The fourth-order valence-electron chi connectivity index (χ4n) is 2.41. The van der Waals surface area contributed by atoms with E-state index in [0.29, 0.717) is 5.69 Å². The zero-order chi connectivity index (χ0) is 21.6. The van der Waals surface area contributed by atoms with Crippen LogP contribution in [-0.4, -0.2) is 44.3 Å². The van der Waals surface area contributed by atoms with Crippen LogP contribution in [0, 0.1) is 5.82 Å². The Labute approximate surface area is 169 Å². The fraction of sp³-hybridized carbons (Fsp3) is 0.300. The summed E-state index contributed by atoms with van der Waals surface area (Å²) in [6.45, 7) is 2.81. The number of nitrogens with zero attached hydrogens (tertiary/aromatic N) is 1. The second kappa shape index (κ2) is 9.62. The van der Waals surface area contributed by atoms with E-state index in [4.69, 9.17) is 4.74 Å². The monoisotopic (exact) mass is 422 g/mol. The number of carbonyl (C=O) groups excluding carboxylic acids is 2. The van der Waals surface area contributed by atoms with Crippen molar-refractivity contribution in [2.45, 2.75) is 31.3 Å². The second-order valence-electron chi connectivity index (χ2n) is 6.39. The van der Waals surface area contributed by atoms with Gasteiger partial charge in [-0.05, 0) is 55.3 Å². The number of aryl methyl sites for hydroxylation is 1. The molecule has 0 saturated carbocycles. The first-order chi connectivity index (χ1) is 13.6. The van der Waals surface area contributed by atoms with Gasteiger partial charge >= 0.3 is 5.97 Å². The molecular weight excluding hydrogens is 399 g/mol. The Balaban J connectivity index is 1.92. The number of hydrogen-bond donors (Lipinski definition) is 1. The molecular formula is C20H23FN2O5S. The van der Waals surface area contributed by atoms with Gasteiger partial charge in [0, 0.05) is 12.7 Å². The minimum absolute atomic E-state index is 0.157. The van der Waals surface area contributed by atoms with E-state index in [9.17, 15) is 22.4 Å². The first-order valence-corrected chi connectivity index (χ1v) is 10.4. The van der Waals surface area contributed by atoms with Crippen LogP contribution in [0.25, 0.3) is 0 Å². The summed E-state index contributed by atoms with van der Waals surface area (Å²) in [6, 6.07) is 11.5. The maximum atomic E-state index is 13.0. The normalized spacial score (nSPS) is 12.4. The van der Waals surface area contributed by atoms with Gasteiger partial charge in [-0.2, -0.15) is 4.31 Å². The summed E-state index contributed by atoms with van der Waals surface area (Å²) in [5, 5.41) is 2.63. The lowest BCUT2D eigenvalue weighted by molar-refractivity contribution is -0.153. The largest absolute Gasteiger partial charge is 0.452 e. The van der Waals surface area contributed by atoms with Crippen molar-refractivity contribution in [1.82, 2.24) is 4.31 Å². The Morgan fingerprint density at radius 1 is 1.10 bits per heavy atom. The summed E-state index contributed by atoms with van der Waals surface area (Å²) >= 11 is 0. The third-order valence-electron chi connectivity index (χ3n) is 4.18. The predicted molar refractivity (Wildman–Crippen MR) is 106 cm³/mol. The number of halogens is 1. The quantitative estimate of drug-likeness (QED) is 0.660. The zero-order valence-corrected chi connectivity index (χ0v) is 17.2. The molecule has 0 aliphatic carbocycles. The molecule has 7 nitrogen and oxygen atoms in total. The summed E-state index contributed by atoms with van der Waals surface area (Å²) in [4.78, 5) is 24.1. The molecule has 0 fully saturated rings. The molecule has 2 aromatic carbocycles. The number of amides is 1. The molecule has 0 radical (unpaired) electrons. The van der Waals surface area contributed by atoms with Crippen molar-refractivity contribution < 1.29 is 27.1 Å². The number of nitrogens with one attached hydrogen (secondary N) is 1. The van der Waals surface area contributed by atoms with Crippen LogP contribution in [0.1, 0.15) is 19.4 Å². The van der Waals surface area contributed by atoms with Crippen LogP contribution in [0.4, 0.5) is 10.1 Å². The first-order valence-electron chi connectivity index (χ1n) is 8.94. The molecule has 1 N–H and O–H groups in total. The highest BCUT2D eigenvalue weighted by molar-refractivity contribution is 7.89. The lowest BCUT2D eigenvalue weighted by Crippen LogP contribution is -2.37. The molecule has 1 unspecified atom stereocenters. The van der Waals surface area contributed by atoms with Crippen LogP contribution in [0.15, 0.2) is 53.4 Å². The topological polar surface area (TPSA) is 92.8 Å². The molecule has 1 atom stereocenters. The third-order valence-corrected chi connectivity index (χ3v) is 6.00. The highest BCUT2D eigenvalue weighted by atomic mass is 32.2. The van der Waals surface area contributed by atoms with Gasteiger partial charge in [0.05, 0.1) is 4.90 Å².